The molecule has 1 heteroatoms. The lowest BCUT2D eigenvalue weighted by atomic mass is 9.98. The molecule has 1 heterocycles. The van der Waals surface area contributed by atoms with Gasteiger partial charge in [0.1, 0.15) is 13.6 Å². The lowest BCUT2D eigenvalue weighted by Gasteiger charge is -2.13. The summed E-state index contributed by atoms with van der Waals surface area (Å²) in [4.78, 5) is 0. The minimum Gasteiger partial charge on any atom is -0.236 e. The standard InChI is InChI=1S/C11H14N/c1-9-11-6-4-3-5-10(11)7-8-12(9)2/h3-6H,7-8H2,1-2H3/q+1. The quantitative estimate of drug-likeness (QED) is 0.508. The minimum absolute atomic E-state index is 1.16. The van der Waals surface area contributed by atoms with Crippen molar-refractivity contribution in [3.63, 3.8) is 0 Å². The first-order valence-corrected chi connectivity index (χ1v) is 4.42. The van der Waals surface area contributed by atoms with E-state index in [9.17, 15) is 0 Å². The molecule has 0 saturated carbocycles. The van der Waals surface area contributed by atoms with Crippen molar-refractivity contribution in [2.45, 2.75) is 13.3 Å². The van der Waals surface area contributed by atoms with Gasteiger partial charge < -0.3 is 0 Å². The summed E-state index contributed by atoms with van der Waals surface area (Å²) in [7, 11) is 2.16. The van der Waals surface area contributed by atoms with Gasteiger partial charge in [0.15, 0.2) is 5.71 Å². The van der Waals surface area contributed by atoms with Crippen molar-refractivity contribution in [1.29, 1.82) is 0 Å². The molecule has 0 bridgehead atoms. The normalized spacial score (nSPS) is 16.2. The molecule has 0 fully saturated rings. The Labute approximate surface area is 73.4 Å². The van der Waals surface area contributed by atoms with Crippen molar-refractivity contribution in [2.75, 3.05) is 13.6 Å². The minimum atomic E-state index is 1.16. The first kappa shape index (κ1) is 7.53. The molecule has 1 aliphatic heterocycles. The molecule has 0 aliphatic carbocycles. The van der Waals surface area contributed by atoms with E-state index in [1.807, 2.05) is 0 Å². The molecule has 0 amide bonds. The van der Waals surface area contributed by atoms with Gasteiger partial charge in [-0.3, -0.25) is 0 Å². The number of nitrogens with zero attached hydrogens (tertiary/aromatic N) is 1. The van der Waals surface area contributed by atoms with Gasteiger partial charge in [-0.05, 0) is 11.6 Å². The highest BCUT2D eigenvalue weighted by molar-refractivity contribution is 5.96. The van der Waals surface area contributed by atoms with Gasteiger partial charge in [0.25, 0.3) is 0 Å². The maximum Gasteiger partial charge on any atom is 0.180 e. The Hall–Kier alpha value is -1.11. The van der Waals surface area contributed by atoms with E-state index in [1.165, 1.54) is 23.3 Å². The zero-order valence-electron chi connectivity index (χ0n) is 7.67. The van der Waals surface area contributed by atoms with Crippen LogP contribution in [0.25, 0.3) is 0 Å². The Morgan fingerprint density at radius 2 is 2.00 bits per heavy atom. The van der Waals surface area contributed by atoms with Crippen LogP contribution in [0.15, 0.2) is 24.3 Å². The van der Waals surface area contributed by atoms with Crippen LogP contribution in [0.2, 0.25) is 0 Å². The molecule has 0 atom stereocenters. The number of hydrogen-bond donors (Lipinski definition) is 0. The maximum absolute atomic E-state index is 2.32. The number of rotatable bonds is 0. The molecule has 0 saturated heterocycles. The first-order valence-electron chi connectivity index (χ1n) is 4.42. The van der Waals surface area contributed by atoms with Crippen molar-refractivity contribution in [3.8, 4) is 0 Å². The Balaban J connectivity index is 2.59. The third kappa shape index (κ3) is 1.06. The first-order chi connectivity index (χ1) is 5.79. The van der Waals surface area contributed by atoms with Crippen molar-refractivity contribution >= 4 is 5.71 Å². The summed E-state index contributed by atoms with van der Waals surface area (Å²) >= 11 is 0. The zero-order valence-corrected chi connectivity index (χ0v) is 7.67. The van der Waals surface area contributed by atoms with Crippen molar-refractivity contribution in [1.82, 2.24) is 0 Å². The van der Waals surface area contributed by atoms with Gasteiger partial charge >= 0.3 is 0 Å². The smallest absolute Gasteiger partial charge is 0.180 e. The van der Waals surface area contributed by atoms with Crippen molar-refractivity contribution in [2.24, 2.45) is 0 Å². The molecule has 0 aromatic heterocycles. The molecular weight excluding hydrogens is 146 g/mol. The van der Waals surface area contributed by atoms with E-state index in [1.54, 1.807) is 0 Å². The van der Waals surface area contributed by atoms with Gasteiger partial charge in [-0.15, -0.1) is 0 Å². The molecular formula is C11H14N+. The molecule has 1 aromatic rings. The molecule has 1 nitrogen and oxygen atoms in total. The second-order valence-corrected chi connectivity index (χ2v) is 3.41. The molecule has 0 unspecified atom stereocenters. The molecule has 12 heavy (non-hydrogen) atoms. The largest absolute Gasteiger partial charge is 0.236 e. The Morgan fingerprint density at radius 3 is 2.83 bits per heavy atom. The van der Waals surface area contributed by atoms with Crippen LogP contribution in [-0.4, -0.2) is 23.9 Å². The van der Waals surface area contributed by atoms with E-state index in [0.29, 0.717) is 0 Å². The molecule has 1 aliphatic rings. The molecule has 1 aromatic carbocycles. The highest BCUT2D eigenvalue weighted by atomic mass is 15.0. The van der Waals surface area contributed by atoms with Gasteiger partial charge in [-0.25, -0.2) is 4.58 Å². The van der Waals surface area contributed by atoms with Crippen LogP contribution in [0, 0.1) is 0 Å². The van der Waals surface area contributed by atoms with E-state index < -0.39 is 0 Å². The third-order valence-corrected chi connectivity index (χ3v) is 2.70. The third-order valence-electron chi connectivity index (χ3n) is 2.70. The maximum atomic E-state index is 2.32. The van der Waals surface area contributed by atoms with Gasteiger partial charge in [0, 0.05) is 18.9 Å². The summed E-state index contributed by atoms with van der Waals surface area (Å²) in [6.07, 6.45) is 1.18. The van der Waals surface area contributed by atoms with Gasteiger partial charge in [-0.2, -0.15) is 0 Å². The Kier molecular flexibility index (Phi) is 1.72. The second-order valence-electron chi connectivity index (χ2n) is 3.41. The van der Waals surface area contributed by atoms with Gasteiger partial charge in [0.05, 0.1) is 0 Å². The summed E-state index contributed by atoms with van der Waals surface area (Å²) in [6.45, 7) is 3.35. The number of benzene rings is 1. The zero-order chi connectivity index (χ0) is 8.55. The lowest BCUT2D eigenvalue weighted by Crippen LogP contribution is -2.24. The van der Waals surface area contributed by atoms with Gasteiger partial charge in [-0.1, -0.05) is 18.2 Å². The fourth-order valence-corrected chi connectivity index (χ4v) is 1.75. The van der Waals surface area contributed by atoms with Crippen LogP contribution < -0.4 is 0 Å². The number of fused-ring (bicyclic) bond motifs is 1. The second kappa shape index (κ2) is 2.74. The van der Waals surface area contributed by atoms with Crippen LogP contribution in [0.4, 0.5) is 0 Å². The van der Waals surface area contributed by atoms with E-state index in [0.717, 1.165) is 6.54 Å². The SMILES string of the molecule is CC1=[N+](C)CCc2ccccc21. The van der Waals surface area contributed by atoms with Crippen LogP contribution >= 0.6 is 0 Å². The monoisotopic (exact) mass is 160 g/mol. The topological polar surface area (TPSA) is 3.01 Å². The molecule has 0 radical (unpaired) electrons. The summed E-state index contributed by atoms with van der Waals surface area (Å²) in [5.74, 6) is 0. The molecule has 0 spiro atoms. The van der Waals surface area contributed by atoms with E-state index in [2.05, 4.69) is 42.8 Å². The van der Waals surface area contributed by atoms with E-state index in [4.69, 9.17) is 0 Å². The summed E-state index contributed by atoms with van der Waals surface area (Å²) in [5, 5.41) is 0. The average Bonchev–Trinajstić information content (AvgIpc) is 2.12. The predicted molar refractivity (Wildman–Crippen MR) is 51.0 cm³/mol. The van der Waals surface area contributed by atoms with Crippen molar-refractivity contribution in [3.05, 3.63) is 35.4 Å². The highest BCUT2D eigenvalue weighted by Gasteiger charge is 2.17. The predicted octanol–water partition coefficient (Wildman–Crippen LogP) is 1.69. The van der Waals surface area contributed by atoms with E-state index in [-0.39, 0.29) is 0 Å². The Bertz CT molecular complexity index is 337. The number of likely N-dealkylation sites (N-methyl/N-ethyl adjacent to an activating group) is 1. The van der Waals surface area contributed by atoms with Crippen LogP contribution in [0.3, 0.4) is 0 Å². The molecule has 62 valence electrons. The molecule has 0 N–H and O–H groups in total. The van der Waals surface area contributed by atoms with Gasteiger partial charge in [0.2, 0.25) is 0 Å². The molecule has 2 rings (SSSR count). The van der Waals surface area contributed by atoms with Crippen LogP contribution in [0.1, 0.15) is 18.1 Å². The number of hydrogen-bond acceptors (Lipinski definition) is 0. The van der Waals surface area contributed by atoms with Crippen LogP contribution in [-0.2, 0) is 6.42 Å². The fourth-order valence-electron chi connectivity index (χ4n) is 1.75. The Morgan fingerprint density at radius 1 is 1.25 bits per heavy atom. The highest BCUT2D eigenvalue weighted by Crippen LogP contribution is 2.14. The fraction of sp³-hybridized carbons (Fsp3) is 0.364. The summed E-state index contributed by atoms with van der Waals surface area (Å²) < 4.78 is 2.32. The summed E-state index contributed by atoms with van der Waals surface area (Å²) in [6, 6.07) is 8.67. The van der Waals surface area contributed by atoms with Crippen molar-refractivity contribution < 1.29 is 4.58 Å². The van der Waals surface area contributed by atoms with E-state index >= 15 is 0 Å². The van der Waals surface area contributed by atoms with Crippen LogP contribution in [0.5, 0.6) is 0 Å². The lowest BCUT2D eigenvalue weighted by molar-refractivity contribution is -0.498. The summed E-state index contributed by atoms with van der Waals surface area (Å²) in [5.41, 5.74) is 4.32. The average molecular weight is 160 g/mol.